The van der Waals surface area contributed by atoms with Gasteiger partial charge in [0.2, 0.25) is 5.91 Å². The highest BCUT2D eigenvalue weighted by molar-refractivity contribution is 5.95. The van der Waals surface area contributed by atoms with E-state index in [-0.39, 0.29) is 35.9 Å². The van der Waals surface area contributed by atoms with Gasteiger partial charge in [0.1, 0.15) is 5.75 Å². The van der Waals surface area contributed by atoms with E-state index < -0.39 is 6.36 Å². The van der Waals surface area contributed by atoms with Gasteiger partial charge in [0.25, 0.3) is 5.91 Å². The molecule has 2 heterocycles. The lowest BCUT2D eigenvalue weighted by molar-refractivity contribution is -0.274. The Balaban J connectivity index is 1.20. The number of nitrogens with one attached hydrogen (secondary N) is 1. The van der Waals surface area contributed by atoms with Crippen LogP contribution in [0.2, 0.25) is 0 Å². The second kappa shape index (κ2) is 11.2. The van der Waals surface area contributed by atoms with E-state index in [0.29, 0.717) is 43.3 Å². The Morgan fingerprint density at radius 2 is 1.82 bits per heavy atom. The number of amides is 2. The quantitative estimate of drug-likeness (QED) is 0.610. The van der Waals surface area contributed by atoms with Crippen LogP contribution in [-0.4, -0.2) is 68.5 Å². The molecule has 5 rings (SSSR count). The molecule has 0 aromatic heterocycles. The SMILES string of the molecule is O=C(Cc1cccc(OC(F)(F)F)c1)N[C@H]1CCC[C@@H]2CN(C(=O)c3cccc(N4CCOCC4)c3)C[C@H]21. The second-order valence-electron chi connectivity index (χ2n) is 10.3. The van der Waals surface area contributed by atoms with Crippen molar-refractivity contribution in [3.05, 3.63) is 59.7 Å². The summed E-state index contributed by atoms with van der Waals surface area (Å²) in [5.41, 5.74) is 2.12. The monoisotopic (exact) mass is 531 g/mol. The van der Waals surface area contributed by atoms with Gasteiger partial charge >= 0.3 is 6.36 Å². The average molecular weight is 532 g/mol. The van der Waals surface area contributed by atoms with Gasteiger partial charge in [-0.25, -0.2) is 0 Å². The van der Waals surface area contributed by atoms with Crippen LogP contribution in [0.1, 0.15) is 35.2 Å². The number of fused-ring (bicyclic) bond motifs is 1. The summed E-state index contributed by atoms with van der Waals surface area (Å²) in [7, 11) is 0. The molecule has 0 radical (unpaired) electrons. The lowest BCUT2D eigenvalue weighted by atomic mass is 9.78. The van der Waals surface area contributed by atoms with E-state index in [2.05, 4.69) is 15.0 Å². The van der Waals surface area contributed by atoms with Crippen LogP contribution in [0, 0.1) is 11.8 Å². The molecule has 0 unspecified atom stereocenters. The molecule has 2 aliphatic heterocycles. The lowest BCUT2D eigenvalue weighted by Crippen LogP contribution is -2.46. The number of hydrogen-bond donors (Lipinski definition) is 1. The summed E-state index contributed by atoms with van der Waals surface area (Å²) in [6.45, 7) is 4.18. The highest BCUT2D eigenvalue weighted by Gasteiger charge is 2.42. The fourth-order valence-electron chi connectivity index (χ4n) is 5.95. The van der Waals surface area contributed by atoms with Crippen molar-refractivity contribution in [3.63, 3.8) is 0 Å². The minimum Gasteiger partial charge on any atom is -0.406 e. The Labute approximate surface area is 219 Å². The summed E-state index contributed by atoms with van der Waals surface area (Å²) in [4.78, 5) is 30.4. The van der Waals surface area contributed by atoms with E-state index in [1.165, 1.54) is 18.2 Å². The third-order valence-corrected chi connectivity index (χ3v) is 7.70. The first-order chi connectivity index (χ1) is 18.2. The van der Waals surface area contributed by atoms with E-state index in [0.717, 1.165) is 38.0 Å². The number of rotatable bonds is 6. The fraction of sp³-hybridized carbons (Fsp3) is 0.500. The Hall–Kier alpha value is -3.27. The maximum Gasteiger partial charge on any atom is 0.573 e. The lowest BCUT2D eigenvalue weighted by Gasteiger charge is -2.33. The van der Waals surface area contributed by atoms with E-state index in [1.807, 2.05) is 29.2 Å². The predicted molar refractivity (Wildman–Crippen MR) is 135 cm³/mol. The first kappa shape index (κ1) is 26.3. The summed E-state index contributed by atoms with van der Waals surface area (Å²) >= 11 is 0. The Morgan fingerprint density at radius 3 is 2.61 bits per heavy atom. The number of halogens is 3. The number of ether oxygens (including phenoxy) is 2. The summed E-state index contributed by atoms with van der Waals surface area (Å²) in [6, 6.07) is 13.1. The zero-order valence-electron chi connectivity index (χ0n) is 21.1. The molecule has 0 bridgehead atoms. The molecule has 1 N–H and O–H groups in total. The molecule has 204 valence electrons. The molecule has 0 spiro atoms. The maximum atomic E-state index is 13.4. The van der Waals surface area contributed by atoms with Gasteiger partial charge < -0.3 is 24.6 Å². The van der Waals surface area contributed by atoms with Crippen molar-refractivity contribution in [1.82, 2.24) is 10.2 Å². The van der Waals surface area contributed by atoms with Crippen molar-refractivity contribution in [3.8, 4) is 5.75 Å². The van der Waals surface area contributed by atoms with Crippen molar-refractivity contribution < 1.29 is 32.2 Å². The van der Waals surface area contributed by atoms with Crippen molar-refractivity contribution in [2.45, 2.75) is 38.1 Å². The van der Waals surface area contributed by atoms with Crippen molar-refractivity contribution >= 4 is 17.5 Å². The summed E-state index contributed by atoms with van der Waals surface area (Å²) < 4.78 is 47.0. The third kappa shape index (κ3) is 6.40. The molecular weight excluding hydrogens is 499 g/mol. The normalized spacial score (nSPS) is 23.6. The highest BCUT2D eigenvalue weighted by Crippen LogP contribution is 2.37. The van der Waals surface area contributed by atoms with Crippen LogP contribution in [0.25, 0.3) is 0 Å². The van der Waals surface area contributed by atoms with Gasteiger partial charge in [-0.1, -0.05) is 24.6 Å². The van der Waals surface area contributed by atoms with Crippen LogP contribution >= 0.6 is 0 Å². The number of alkyl halides is 3. The van der Waals surface area contributed by atoms with Gasteiger partial charge in [0, 0.05) is 49.4 Å². The molecule has 2 saturated heterocycles. The molecule has 3 atom stereocenters. The number of likely N-dealkylation sites (tertiary alicyclic amines) is 1. The van der Waals surface area contributed by atoms with Gasteiger partial charge in [-0.2, -0.15) is 0 Å². The van der Waals surface area contributed by atoms with Crippen molar-refractivity contribution in [1.29, 1.82) is 0 Å². The molecule has 1 saturated carbocycles. The summed E-state index contributed by atoms with van der Waals surface area (Å²) in [5.74, 6) is -0.130. The van der Waals surface area contributed by atoms with Crippen LogP contribution < -0.4 is 15.0 Å². The molecule has 1 aliphatic carbocycles. The standard InChI is InChI=1S/C28H32F3N3O4/c29-28(30,31)38-23-8-1-4-19(14-23)15-26(35)32-25-9-3-6-21-17-34(18-24(21)25)27(36)20-5-2-7-22(16-20)33-10-12-37-13-11-33/h1-2,4-5,7-8,14,16,21,24-25H,3,6,9-13,15,17-18H2,(H,32,35)/t21-,24-,25+/m1/s1. The van der Waals surface area contributed by atoms with Gasteiger partial charge in [0.05, 0.1) is 19.6 Å². The number of anilines is 1. The summed E-state index contributed by atoms with van der Waals surface area (Å²) in [6.07, 6.45) is -2.05. The minimum absolute atomic E-state index is 0.000987. The van der Waals surface area contributed by atoms with E-state index >= 15 is 0 Å². The number of nitrogens with zero attached hydrogens (tertiary/aromatic N) is 2. The Morgan fingerprint density at radius 1 is 1.03 bits per heavy atom. The van der Waals surface area contributed by atoms with Crippen LogP contribution in [0.5, 0.6) is 5.75 Å². The van der Waals surface area contributed by atoms with Crippen LogP contribution in [0.4, 0.5) is 18.9 Å². The van der Waals surface area contributed by atoms with Gasteiger partial charge in [-0.3, -0.25) is 9.59 Å². The van der Waals surface area contributed by atoms with Crippen LogP contribution in [0.3, 0.4) is 0 Å². The molecule has 3 aliphatic rings. The molecule has 2 aromatic carbocycles. The molecule has 10 heteroatoms. The first-order valence-electron chi connectivity index (χ1n) is 13.1. The molecule has 7 nitrogen and oxygen atoms in total. The number of benzene rings is 2. The number of carbonyl (C=O) groups is 2. The van der Waals surface area contributed by atoms with E-state index in [9.17, 15) is 22.8 Å². The van der Waals surface area contributed by atoms with Crippen molar-refractivity contribution in [2.75, 3.05) is 44.3 Å². The zero-order valence-corrected chi connectivity index (χ0v) is 21.1. The Bertz CT molecular complexity index is 1150. The van der Waals surface area contributed by atoms with Gasteiger partial charge in [-0.05, 0) is 54.7 Å². The fourth-order valence-corrected chi connectivity index (χ4v) is 5.95. The third-order valence-electron chi connectivity index (χ3n) is 7.70. The Kier molecular flexibility index (Phi) is 7.78. The largest absolute Gasteiger partial charge is 0.573 e. The second-order valence-corrected chi connectivity index (χ2v) is 10.3. The van der Waals surface area contributed by atoms with Crippen LogP contribution in [0.15, 0.2) is 48.5 Å². The molecule has 3 fully saturated rings. The number of hydrogen-bond acceptors (Lipinski definition) is 5. The van der Waals surface area contributed by atoms with Crippen molar-refractivity contribution in [2.24, 2.45) is 11.8 Å². The topological polar surface area (TPSA) is 71.1 Å². The van der Waals surface area contributed by atoms with Gasteiger partial charge in [-0.15, -0.1) is 13.2 Å². The van der Waals surface area contributed by atoms with E-state index in [4.69, 9.17) is 4.74 Å². The highest BCUT2D eigenvalue weighted by atomic mass is 19.4. The molecule has 2 amide bonds. The maximum absolute atomic E-state index is 13.4. The van der Waals surface area contributed by atoms with Gasteiger partial charge in [0.15, 0.2) is 0 Å². The molecule has 2 aromatic rings. The minimum atomic E-state index is -4.78. The smallest absolute Gasteiger partial charge is 0.406 e. The first-order valence-corrected chi connectivity index (χ1v) is 13.1. The molecule has 38 heavy (non-hydrogen) atoms. The zero-order chi connectivity index (χ0) is 26.7. The van der Waals surface area contributed by atoms with Crippen LogP contribution in [-0.2, 0) is 16.0 Å². The summed E-state index contributed by atoms with van der Waals surface area (Å²) in [5, 5.41) is 3.10. The average Bonchev–Trinajstić information content (AvgIpc) is 3.33. The number of morpholine rings is 1. The number of carbonyl (C=O) groups excluding carboxylic acids is 2. The van der Waals surface area contributed by atoms with E-state index in [1.54, 1.807) is 6.07 Å². The predicted octanol–water partition coefficient (Wildman–Crippen LogP) is 4.02. The molecular formula is C28H32F3N3O4.